The molecule has 2 aliphatic carbocycles. The van der Waals surface area contributed by atoms with Crippen molar-refractivity contribution in [1.82, 2.24) is 14.9 Å². The largest absolute Gasteiger partial charge is 0.351 e. The highest BCUT2D eigenvalue weighted by Gasteiger charge is 2.35. The summed E-state index contributed by atoms with van der Waals surface area (Å²) in [6.07, 6.45) is 7.10. The van der Waals surface area contributed by atoms with Gasteiger partial charge in [-0.15, -0.1) is 5.10 Å². The molecule has 0 radical (unpaired) electrons. The summed E-state index contributed by atoms with van der Waals surface area (Å²) < 4.78 is 3.96. The van der Waals surface area contributed by atoms with Crippen LogP contribution in [0.5, 0.6) is 0 Å². The number of amides is 1. The molecule has 1 fully saturated rings. The van der Waals surface area contributed by atoms with Crippen LogP contribution in [0.1, 0.15) is 22.5 Å². The Hall–Kier alpha value is -2.01. The van der Waals surface area contributed by atoms with E-state index in [1.807, 2.05) is 30.3 Å². The Balaban J connectivity index is 1.45. The van der Waals surface area contributed by atoms with Crippen LogP contribution < -0.4 is 5.32 Å². The first-order chi connectivity index (χ1) is 10.8. The van der Waals surface area contributed by atoms with E-state index < -0.39 is 0 Å². The molecule has 0 saturated heterocycles. The predicted molar refractivity (Wildman–Crippen MR) is 86.5 cm³/mol. The van der Waals surface area contributed by atoms with Gasteiger partial charge in [-0.2, -0.15) is 0 Å². The van der Waals surface area contributed by atoms with Crippen molar-refractivity contribution in [3.63, 3.8) is 0 Å². The number of benzene rings is 1. The minimum atomic E-state index is -0.0550. The monoisotopic (exact) mass is 311 g/mol. The van der Waals surface area contributed by atoms with Crippen LogP contribution >= 0.6 is 11.5 Å². The molecule has 0 spiro atoms. The molecule has 0 unspecified atom stereocenters. The van der Waals surface area contributed by atoms with Gasteiger partial charge in [0.15, 0.2) is 0 Å². The van der Waals surface area contributed by atoms with E-state index >= 15 is 0 Å². The fourth-order valence-electron chi connectivity index (χ4n) is 3.56. The van der Waals surface area contributed by atoms with Crippen LogP contribution in [0.4, 0.5) is 0 Å². The van der Waals surface area contributed by atoms with Crippen LogP contribution in [0.3, 0.4) is 0 Å². The number of rotatable bonds is 4. The normalized spacial score (nSPS) is 25.5. The first-order valence-electron chi connectivity index (χ1n) is 7.65. The number of carbonyl (C=O) groups is 1. The van der Waals surface area contributed by atoms with Gasteiger partial charge < -0.3 is 5.32 Å². The lowest BCUT2D eigenvalue weighted by molar-refractivity contribution is 0.0949. The van der Waals surface area contributed by atoms with Crippen molar-refractivity contribution >= 4 is 17.4 Å². The van der Waals surface area contributed by atoms with Crippen molar-refractivity contribution in [2.24, 2.45) is 17.8 Å². The Morgan fingerprint density at radius 1 is 1.23 bits per heavy atom. The fourth-order valence-corrected chi connectivity index (χ4v) is 4.16. The fraction of sp³-hybridized carbons (Fsp3) is 0.353. The molecule has 0 aliphatic heterocycles. The van der Waals surface area contributed by atoms with E-state index in [0.717, 1.165) is 29.6 Å². The average Bonchev–Trinajstić information content (AvgIpc) is 3.29. The molecule has 4 nitrogen and oxygen atoms in total. The third-order valence-electron chi connectivity index (χ3n) is 4.68. The second-order valence-corrected chi connectivity index (χ2v) is 6.82. The summed E-state index contributed by atoms with van der Waals surface area (Å²) in [5.74, 6) is 1.91. The van der Waals surface area contributed by atoms with Gasteiger partial charge in [0, 0.05) is 12.1 Å². The summed E-state index contributed by atoms with van der Waals surface area (Å²) in [6, 6.07) is 9.74. The van der Waals surface area contributed by atoms with E-state index in [0.29, 0.717) is 22.4 Å². The Kier molecular flexibility index (Phi) is 3.50. The molecule has 1 saturated carbocycles. The van der Waals surface area contributed by atoms with Gasteiger partial charge in [-0.3, -0.25) is 4.79 Å². The number of fused-ring (bicyclic) bond motifs is 2. The van der Waals surface area contributed by atoms with E-state index in [-0.39, 0.29) is 5.91 Å². The van der Waals surface area contributed by atoms with E-state index in [1.165, 1.54) is 12.8 Å². The van der Waals surface area contributed by atoms with Gasteiger partial charge in [-0.05, 0) is 42.1 Å². The number of aromatic nitrogens is 2. The van der Waals surface area contributed by atoms with Gasteiger partial charge in [-0.1, -0.05) is 47.0 Å². The Labute approximate surface area is 133 Å². The quantitative estimate of drug-likeness (QED) is 0.883. The van der Waals surface area contributed by atoms with Crippen LogP contribution in [0.25, 0.3) is 11.3 Å². The topological polar surface area (TPSA) is 54.9 Å². The van der Waals surface area contributed by atoms with Crippen molar-refractivity contribution in [3.8, 4) is 11.3 Å². The Bertz CT molecular complexity index is 710. The van der Waals surface area contributed by atoms with E-state index in [1.54, 1.807) is 0 Å². The maximum atomic E-state index is 12.5. The molecule has 1 amide bonds. The van der Waals surface area contributed by atoms with Crippen LogP contribution in [0, 0.1) is 17.8 Å². The molecule has 112 valence electrons. The predicted octanol–water partition coefficient (Wildman–Crippen LogP) is 3.15. The number of allylic oxidation sites excluding steroid dienone is 2. The highest BCUT2D eigenvalue weighted by Crippen LogP contribution is 2.43. The molecule has 22 heavy (non-hydrogen) atoms. The third kappa shape index (κ3) is 2.46. The molecular formula is C17H17N3OS. The standard InChI is InChI=1S/C17H17N3OS/c21-17(18-10-14-9-11-6-7-13(14)8-11)16-15(19-20-22-16)12-4-2-1-3-5-12/h1-7,11,13-14H,8-10H2,(H,18,21)/t11-,13-,14+/m1/s1. The van der Waals surface area contributed by atoms with Gasteiger partial charge >= 0.3 is 0 Å². The lowest BCUT2D eigenvalue weighted by Gasteiger charge is -2.18. The molecule has 2 aliphatic rings. The number of hydrogen-bond donors (Lipinski definition) is 1. The molecule has 5 heteroatoms. The summed E-state index contributed by atoms with van der Waals surface area (Å²) in [7, 11) is 0. The average molecular weight is 311 g/mol. The third-order valence-corrected chi connectivity index (χ3v) is 5.41. The number of carbonyl (C=O) groups excluding carboxylic acids is 1. The van der Waals surface area contributed by atoms with Gasteiger partial charge in [-0.25, -0.2) is 0 Å². The zero-order chi connectivity index (χ0) is 14.9. The molecule has 4 rings (SSSR count). The van der Waals surface area contributed by atoms with E-state index in [9.17, 15) is 4.79 Å². The van der Waals surface area contributed by atoms with Crippen LogP contribution in [-0.2, 0) is 0 Å². The molecular weight excluding hydrogens is 294 g/mol. The molecule has 2 aromatic rings. The van der Waals surface area contributed by atoms with Gasteiger partial charge in [0.2, 0.25) is 0 Å². The van der Waals surface area contributed by atoms with Crippen molar-refractivity contribution < 1.29 is 4.79 Å². The maximum Gasteiger partial charge on any atom is 0.265 e. The van der Waals surface area contributed by atoms with Crippen molar-refractivity contribution in [2.75, 3.05) is 6.54 Å². The summed E-state index contributed by atoms with van der Waals surface area (Å²) in [5, 5.41) is 7.20. The SMILES string of the molecule is O=C(NC[C@@H]1C[C@@H]2C=C[C@@H]1C2)c1snnc1-c1ccccc1. The zero-order valence-corrected chi connectivity index (χ0v) is 12.9. The lowest BCUT2D eigenvalue weighted by atomic mass is 9.93. The van der Waals surface area contributed by atoms with Crippen LogP contribution in [0.2, 0.25) is 0 Å². The molecule has 1 aromatic heterocycles. The summed E-state index contributed by atoms with van der Waals surface area (Å²) in [5.41, 5.74) is 1.61. The van der Waals surface area contributed by atoms with Crippen molar-refractivity contribution in [2.45, 2.75) is 12.8 Å². The number of nitrogens with zero attached hydrogens (tertiary/aromatic N) is 2. The first kappa shape index (κ1) is 13.6. The minimum absolute atomic E-state index is 0.0550. The minimum Gasteiger partial charge on any atom is -0.351 e. The Morgan fingerprint density at radius 2 is 2.09 bits per heavy atom. The summed E-state index contributed by atoms with van der Waals surface area (Å²) >= 11 is 1.16. The maximum absolute atomic E-state index is 12.5. The van der Waals surface area contributed by atoms with Crippen LogP contribution in [-0.4, -0.2) is 22.0 Å². The zero-order valence-electron chi connectivity index (χ0n) is 12.1. The number of hydrogen-bond acceptors (Lipinski definition) is 4. The lowest BCUT2D eigenvalue weighted by Crippen LogP contribution is -2.30. The van der Waals surface area contributed by atoms with Gasteiger partial charge in [0.25, 0.3) is 5.91 Å². The molecule has 3 atom stereocenters. The van der Waals surface area contributed by atoms with Gasteiger partial charge in [0.1, 0.15) is 10.6 Å². The summed E-state index contributed by atoms with van der Waals surface area (Å²) in [4.78, 5) is 13.1. The van der Waals surface area contributed by atoms with E-state index in [4.69, 9.17) is 0 Å². The molecule has 2 bridgehead atoms. The van der Waals surface area contributed by atoms with Gasteiger partial charge in [0.05, 0.1) is 0 Å². The Morgan fingerprint density at radius 3 is 2.82 bits per heavy atom. The van der Waals surface area contributed by atoms with E-state index in [2.05, 4.69) is 27.1 Å². The highest BCUT2D eigenvalue weighted by atomic mass is 32.1. The highest BCUT2D eigenvalue weighted by molar-refractivity contribution is 7.08. The number of nitrogens with one attached hydrogen (secondary N) is 1. The second kappa shape index (κ2) is 5.65. The molecule has 1 heterocycles. The van der Waals surface area contributed by atoms with Crippen LogP contribution in [0.15, 0.2) is 42.5 Å². The smallest absolute Gasteiger partial charge is 0.265 e. The molecule has 1 aromatic carbocycles. The van der Waals surface area contributed by atoms with Crippen molar-refractivity contribution in [3.05, 3.63) is 47.4 Å². The second-order valence-electron chi connectivity index (χ2n) is 6.07. The molecule has 1 N–H and O–H groups in total. The summed E-state index contributed by atoms with van der Waals surface area (Å²) in [6.45, 7) is 0.746. The first-order valence-corrected chi connectivity index (χ1v) is 8.43. The van der Waals surface area contributed by atoms with Crippen molar-refractivity contribution in [1.29, 1.82) is 0 Å².